The largest absolute Gasteiger partial charge is 0.380 e. The first-order valence-electron chi connectivity index (χ1n) is 6.33. The zero-order valence-electron chi connectivity index (χ0n) is 11.4. The van der Waals surface area contributed by atoms with Crippen molar-refractivity contribution in [2.45, 2.75) is 25.5 Å². The molecule has 2 N–H and O–H groups in total. The fraction of sp³-hybridized carbons (Fsp3) is 0.429. The molecule has 0 aromatic heterocycles. The molecule has 5 nitrogen and oxygen atoms in total. The van der Waals surface area contributed by atoms with Gasteiger partial charge in [0.05, 0.1) is 6.10 Å². The van der Waals surface area contributed by atoms with Crippen LogP contribution in [0.25, 0.3) is 0 Å². The summed E-state index contributed by atoms with van der Waals surface area (Å²) in [4.78, 5) is 25.7. The number of primary amides is 1. The molecule has 2 amide bonds. The summed E-state index contributed by atoms with van der Waals surface area (Å²) in [5.74, 6) is -0.683. The van der Waals surface area contributed by atoms with Gasteiger partial charge in [-0.05, 0) is 24.6 Å². The first-order valence-corrected chi connectivity index (χ1v) is 7.12. The topological polar surface area (TPSA) is 72.6 Å². The Morgan fingerprint density at radius 3 is 2.75 bits per heavy atom. The second kappa shape index (κ2) is 5.93. The van der Waals surface area contributed by atoms with Crippen molar-refractivity contribution in [3.63, 3.8) is 0 Å². The SMILES string of the molecule is CO[C@H]1C[C@@H](C(N)=O)N(C(=O)c2cc(Br)ccc2C)C1. The number of nitrogens with zero attached hydrogens (tertiary/aromatic N) is 1. The van der Waals surface area contributed by atoms with Crippen LogP contribution in [0.4, 0.5) is 0 Å². The van der Waals surface area contributed by atoms with Gasteiger partial charge in [-0.25, -0.2) is 0 Å². The Hall–Kier alpha value is -1.40. The average Bonchev–Trinajstić information content (AvgIpc) is 2.85. The van der Waals surface area contributed by atoms with Crippen LogP contribution in [-0.2, 0) is 9.53 Å². The van der Waals surface area contributed by atoms with Crippen molar-refractivity contribution < 1.29 is 14.3 Å². The molecule has 0 radical (unpaired) electrons. The maximum absolute atomic E-state index is 12.6. The van der Waals surface area contributed by atoms with Gasteiger partial charge in [-0.2, -0.15) is 0 Å². The number of halogens is 1. The van der Waals surface area contributed by atoms with Gasteiger partial charge in [-0.15, -0.1) is 0 Å². The Bertz CT molecular complexity index is 547. The van der Waals surface area contributed by atoms with E-state index in [0.717, 1.165) is 10.0 Å². The number of aryl methyl sites for hydroxylation is 1. The fourth-order valence-corrected chi connectivity index (χ4v) is 2.80. The number of ether oxygens (including phenoxy) is 1. The second-order valence-corrected chi connectivity index (χ2v) is 5.84. The summed E-state index contributed by atoms with van der Waals surface area (Å²) in [5, 5.41) is 0. The maximum Gasteiger partial charge on any atom is 0.254 e. The molecule has 2 atom stereocenters. The molecule has 1 saturated heterocycles. The molecule has 20 heavy (non-hydrogen) atoms. The van der Waals surface area contributed by atoms with Crippen molar-refractivity contribution in [1.82, 2.24) is 4.90 Å². The number of carbonyl (C=O) groups is 2. The summed E-state index contributed by atoms with van der Waals surface area (Å²) in [7, 11) is 1.57. The standard InChI is InChI=1S/C14H17BrN2O3/c1-8-3-4-9(15)5-11(8)14(19)17-7-10(20-2)6-12(17)13(16)18/h3-5,10,12H,6-7H2,1-2H3,(H2,16,18)/t10-,12-/m0/s1. The van der Waals surface area contributed by atoms with Gasteiger partial charge in [0.25, 0.3) is 5.91 Å². The van der Waals surface area contributed by atoms with Gasteiger partial charge in [0, 0.05) is 30.1 Å². The van der Waals surface area contributed by atoms with Crippen molar-refractivity contribution in [3.8, 4) is 0 Å². The van der Waals surface area contributed by atoms with Crippen LogP contribution in [-0.4, -0.2) is 42.5 Å². The third-order valence-corrected chi connectivity index (χ3v) is 4.11. The number of likely N-dealkylation sites (tertiary alicyclic amines) is 1. The monoisotopic (exact) mass is 340 g/mol. The molecule has 0 unspecified atom stereocenters. The number of carbonyl (C=O) groups excluding carboxylic acids is 2. The van der Waals surface area contributed by atoms with E-state index in [0.29, 0.717) is 18.5 Å². The molecule has 0 bridgehead atoms. The minimum absolute atomic E-state index is 0.149. The van der Waals surface area contributed by atoms with E-state index in [2.05, 4.69) is 15.9 Å². The van der Waals surface area contributed by atoms with E-state index < -0.39 is 11.9 Å². The van der Waals surface area contributed by atoms with Crippen LogP contribution < -0.4 is 5.73 Å². The summed E-state index contributed by atoms with van der Waals surface area (Å²) >= 11 is 3.36. The molecule has 1 heterocycles. The summed E-state index contributed by atoms with van der Waals surface area (Å²) in [6, 6.07) is 4.89. The maximum atomic E-state index is 12.6. The van der Waals surface area contributed by atoms with Crippen molar-refractivity contribution >= 4 is 27.7 Å². The lowest BCUT2D eigenvalue weighted by Gasteiger charge is -2.23. The number of methoxy groups -OCH3 is 1. The molecule has 0 saturated carbocycles. The normalized spacial score (nSPS) is 22.1. The lowest BCUT2D eigenvalue weighted by Crippen LogP contribution is -2.44. The zero-order valence-corrected chi connectivity index (χ0v) is 13.0. The molecule has 0 spiro atoms. The molecule has 0 aliphatic carbocycles. The van der Waals surface area contributed by atoms with Crippen LogP contribution in [0, 0.1) is 6.92 Å². The average molecular weight is 341 g/mol. The van der Waals surface area contributed by atoms with Gasteiger partial charge in [-0.3, -0.25) is 9.59 Å². The Morgan fingerprint density at radius 1 is 1.45 bits per heavy atom. The zero-order chi connectivity index (χ0) is 14.9. The van der Waals surface area contributed by atoms with Crippen molar-refractivity contribution in [1.29, 1.82) is 0 Å². The second-order valence-electron chi connectivity index (χ2n) is 4.93. The van der Waals surface area contributed by atoms with Gasteiger partial charge >= 0.3 is 0 Å². The Labute approximate surface area is 126 Å². The molecule has 6 heteroatoms. The lowest BCUT2D eigenvalue weighted by atomic mass is 10.1. The lowest BCUT2D eigenvalue weighted by molar-refractivity contribution is -0.121. The predicted molar refractivity (Wildman–Crippen MR) is 78.3 cm³/mol. The Morgan fingerprint density at radius 2 is 2.15 bits per heavy atom. The summed E-state index contributed by atoms with van der Waals surface area (Å²) in [6.07, 6.45) is 0.300. The van der Waals surface area contributed by atoms with E-state index in [1.165, 1.54) is 4.90 Å². The van der Waals surface area contributed by atoms with Gasteiger partial charge in [0.15, 0.2) is 0 Å². The summed E-state index contributed by atoms with van der Waals surface area (Å²) in [6.45, 7) is 2.25. The minimum Gasteiger partial charge on any atom is -0.380 e. The molecular weight excluding hydrogens is 324 g/mol. The Balaban J connectivity index is 2.31. The molecule has 1 fully saturated rings. The first kappa shape index (κ1) is 15.0. The van der Waals surface area contributed by atoms with Gasteiger partial charge in [0.2, 0.25) is 5.91 Å². The van der Waals surface area contributed by atoms with E-state index >= 15 is 0 Å². The highest BCUT2D eigenvalue weighted by molar-refractivity contribution is 9.10. The molecular formula is C14H17BrN2O3. The molecule has 1 aliphatic rings. The van der Waals surface area contributed by atoms with Gasteiger partial charge < -0.3 is 15.4 Å². The van der Waals surface area contributed by atoms with Crippen LogP contribution in [0.3, 0.4) is 0 Å². The minimum atomic E-state index is -0.606. The number of hydrogen-bond donors (Lipinski definition) is 1. The van der Waals surface area contributed by atoms with Crippen LogP contribution in [0.1, 0.15) is 22.3 Å². The highest BCUT2D eigenvalue weighted by Gasteiger charge is 2.39. The highest BCUT2D eigenvalue weighted by Crippen LogP contribution is 2.25. The summed E-state index contributed by atoms with van der Waals surface area (Å²) < 4.78 is 6.07. The first-order chi connectivity index (χ1) is 9.43. The third kappa shape index (κ3) is 2.86. The van der Waals surface area contributed by atoms with Crippen molar-refractivity contribution in [3.05, 3.63) is 33.8 Å². The molecule has 1 aromatic carbocycles. The van der Waals surface area contributed by atoms with Crippen molar-refractivity contribution in [2.75, 3.05) is 13.7 Å². The number of hydrogen-bond acceptors (Lipinski definition) is 3. The number of rotatable bonds is 3. The molecule has 108 valence electrons. The molecule has 1 aliphatic heterocycles. The van der Waals surface area contributed by atoms with E-state index in [4.69, 9.17) is 10.5 Å². The Kier molecular flexibility index (Phi) is 4.45. The van der Waals surface area contributed by atoms with E-state index in [1.807, 2.05) is 19.1 Å². The number of benzene rings is 1. The highest BCUT2D eigenvalue weighted by atomic mass is 79.9. The van der Waals surface area contributed by atoms with E-state index in [1.54, 1.807) is 13.2 Å². The fourth-order valence-electron chi connectivity index (χ4n) is 2.44. The predicted octanol–water partition coefficient (Wildman–Crippen LogP) is 1.47. The number of amides is 2. The smallest absolute Gasteiger partial charge is 0.254 e. The van der Waals surface area contributed by atoms with Crippen LogP contribution in [0.5, 0.6) is 0 Å². The molecule has 1 aromatic rings. The van der Waals surface area contributed by atoms with Crippen LogP contribution in [0.15, 0.2) is 22.7 Å². The van der Waals surface area contributed by atoms with Crippen LogP contribution >= 0.6 is 15.9 Å². The number of nitrogens with two attached hydrogens (primary N) is 1. The van der Waals surface area contributed by atoms with E-state index in [-0.39, 0.29) is 12.0 Å². The van der Waals surface area contributed by atoms with Gasteiger partial charge in [0.1, 0.15) is 6.04 Å². The quantitative estimate of drug-likeness (QED) is 0.905. The summed E-state index contributed by atoms with van der Waals surface area (Å²) in [5.41, 5.74) is 6.83. The van der Waals surface area contributed by atoms with Crippen molar-refractivity contribution in [2.24, 2.45) is 5.73 Å². The van der Waals surface area contributed by atoms with Gasteiger partial charge in [-0.1, -0.05) is 22.0 Å². The third-order valence-electron chi connectivity index (χ3n) is 3.62. The van der Waals surface area contributed by atoms with E-state index in [9.17, 15) is 9.59 Å². The van der Waals surface area contributed by atoms with Crippen LogP contribution in [0.2, 0.25) is 0 Å². The molecule has 2 rings (SSSR count).